The molecule has 2 unspecified atom stereocenters. The van der Waals surface area contributed by atoms with Crippen LogP contribution in [0.25, 0.3) is 0 Å². The van der Waals surface area contributed by atoms with Gasteiger partial charge in [-0.1, -0.05) is 19.3 Å². The fourth-order valence-electron chi connectivity index (χ4n) is 2.92. The van der Waals surface area contributed by atoms with Crippen LogP contribution in [0, 0.1) is 11.8 Å². The third kappa shape index (κ3) is 1.63. The molecule has 0 aliphatic heterocycles. The normalized spacial score (nSPS) is 39.3. The number of ketones is 1. The van der Waals surface area contributed by atoms with Crippen LogP contribution in [-0.4, -0.2) is 16.5 Å². The minimum Gasteiger partial charge on any atom is -0.385 e. The zero-order valence-electron chi connectivity index (χ0n) is 8.70. The van der Waals surface area contributed by atoms with Crippen molar-refractivity contribution in [2.45, 2.75) is 44.6 Å². The van der Waals surface area contributed by atoms with Gasteiger partial charge in [-0.25, -0.2) is 0 Å². The second-order valence-corrected chi connectivity index (χ2v) is 4.84. The van der Waals surface area contributed by atoms with Crippen molar-refractivity contribution in [2.75, 3.05) is 0 Å². The van der Waals surface area contributed by atoms with Crippen LogP contribution < -0.4 is 0 Å². The summed E-state index contributed by atoms with van der Waals surface area (Å²) in [5.41, 5.74) is -0.890. The molecule has 0 saturated heterocycles. The van der Waals surface area contributed by atoms with Crippen molar-refractivity contribution in [3.8, 4) is 0 Å². The van der Waals surface area contributed by atoms with Gasteiger partial charge in [0.15, 0.2) is 5.78 Å². The smallest absolute Gasteiger partial charge is 0.162 e. The summed E-state index contributed by atoms with van der Waals surface area (Å²) in [4.78, 5) is 11.6. The summed E-state index contributed by atoms with van der Waals surface area (Å²) in [6, 6.07) is 0. The predicted molar refractivity (Wildman–Crippen MR) is 54.8 cm³/mol. The third-order valence-electron chi connectivity index (χ3n) is 3.64. The molecule has 14 heavy (non-hydrogen) atoms. The highest BCUT2D eigenvalue weighted by atomic mass is 16.3. The molecule has 0 aromatic carbocycles. The Morgan fingerprint density at radius 1 is 1.36 bits per heavy atom. The van der Waals surface area contributed by atoms with Crippen LogP contribution in [0.2, 0.25) is 0 Å². The van der Waals surface area contributed by atoms with Crippen molar-refractivity contribution in [3.63, 3.8) is 0 Å². The van der Waals surface area contributed by atoms with Crippen molar-refractivity contribution in [1.82, 2.24) is 0 Å². The Labute approximate surface area is 85.0 Å². The van der Waals surface area contributed by atoms with E-state index < -0.39 is 5.60 Å². The maximum Gasteiger partial charge on any atom is 0.162 e. The highest BCUT2D eigenvalue weighted by Crippen LogP contribution is 2.39. The van der Waals surface area contributed by atoms with E-state index in [9.17, 15) is 9.90 Å². The number of aliphatic hydroxyl groups is 1. The third-order valence-corrected chi connectivity index (χ3v) is 3.64. The van der Waals surface area contributed by atoms with Gasteiger partial charge in [-0.3, -0.25) is 4.79 Å². The van der Waals surface area contributed by atoms with E-state index in [1.807, 2.05) is 0 Å². The van der Waals surface area contributed by atoms with Crippen LogP contribution in [0.4, 0.5) is 0 Å². The maximum atomic E-state index is 11.6. The Hall–Kier alpha value is -0.630. The number of allylic oxidation sites excluding steroid dienone is 1. The first-order valence-electron chi connectivity index (χ1n) is 5.57. The molecule has 0 heterocycles. The van der Waals surface area contributed by atoms with Crippen LogP contribution in [-0.2, 0) is 4.79 Å². The van der Waals surface area contributed by atoms with E-state index in [2.05, 4.69) is 0 Å². The largest absolute Gasteiger partial charge is 0.385 e. The van der Waals surface area contributed by atoms with E-state index in [0.717, 1.165) is 12.8 Å². The lowest BCUT2D eigenvalue weighted by Gasteiger charge is -2.33. The molecule has 0 amide bonds. The van der Waals surface area contributed by atoms with Crippen molar-refractivity contribution in [2.24, 2.45) is 11.8 Å². The van der Waals surface area contributed by atoms with Gasteiger partial charge in [0.05, 0.1) is 11.5 Å². The van der Waals surface area contributed by atoms with E-state index in [-0.39, 0.29) is 11.7 Å². The predicted octanol–water partition coefficient (Wildman–Crippen LogP) is 2.07. The number of hydrogen-bond acceptors (Lipinski definition) is 2. The molecular weight excluding hydrogens is 176 g/mol. The van der Waals surface area contributed by atoms with Crippen LogP contribution in [0.3, 0.4) is 0 Å². The molecule has 0 radical (unpaired) electrons. The standard InChI is InChI=1S/C12H18O2/c1-12(14)8-7-10(13)11(12)9-5-3-2-4-6-9/h7-9,11,14H,2-6H2,1H3. The summed E-state index contributed by atoms with van der Waals surface area (Å²) >= 11 is 0. The molecule has 2 atom stereocenters. The quantitative estimate of drug-likeness (QED) is 0.694. The first kappa shape index (κ1) is 9.91. The zero-order chi connectivity index (χ0) is 10.2. The van der Waals surface area contributed by atoms with Gasteiger partial charge in [-0.05, 0) is 37.8 Å². The molecule has 2 aliphatic carbocycles. The molecule has 2 aliphatic rings. The average molecular weight is 194 g/mol. The van der Waals surface area contributed by atoms with Crippen LogP contribution in [0.5, 0.6) is 0 Å². The fraction of sp³-hybridized carbons (Fsp3) is 0.750. The Morgan fingerprint density at radius 3 is 2.50 bits per heavy atom. The zero-order valence-corrected chi connectivity index (χ0v) is 8.70. The first-order chi connectivity index (χ1) is 6.61. The van der Waals surface area contributed by atoms with E-state index in [4.69, 9.17) is 0 Å². The van der Waals surface area contributed by atoms with E-state index in [1.54, 1.807) is 19.1 Å². The molecular formula is C12H18O2. The molecule has 0 aromatic rings. The maximum absolute atomic E-state index is 11.6. The second kappa shape index (κ2) is 3.50. The molecule has 2 rings (SSSR count). The number of rotatable bonds is 1. The molecule has 1 fully saturated rings. The van der Waals surface area contributed by atoms with E-state index in [1.165, 1.54) is 19.3 Å². The minimum atomic E-state index is -0.890. The SMILES string of the molecule is CC1(O)C=CC(=O)C1C1CCCCC1. The fourth-order valence-corrected chi connectivity index (χ4v) is 2.92. The average Bonchev–Trinajstić information content (AvgIpc) is 2.42. The van der Waals surface area contributed by atoms with Crippen molar-refractivity contribution < 1.29 is 9.90 Å². The Morgan fingerprint density at radius 2 is 2.00 bits per heavy atom. The summed E-state index contributed by atoms with van der Waals surface area (Å²) in [7, 11) is 0. The Bertz CT molecular complexity index is 259. The Balaban J connectivity index is 2.12. The van der Waals surface area contributed by atoms with Crippen LogP contribution in [0.1, 0.15) is 39.0 Å². The van der Waals surface area contributed by atoms with Gasteiger partial charge < -0.3 is 5.11 Å². The summed E-state index contributed by atoms with van der Waals surface area (Å²) in [6.45, 7) is 1.76. The van der Waals surface area contributed by atoms with E-state index >= 15 is 0 Å². The van der Waals surface area contributed by atoms with Crippen molar-refractivity contribution >= 4 is 5.78 Å². The van der Waals surface area contributed by atoms with Gasteiger partial charge >= 0.3 is 0 Å². The van der Waals surface area contributed by atoms with Gasteiger partial charge in [0.25, 0.3) is 0 Å². The van der Waals surface area contributed by atoms with Crippen LogP contribution >= 0.6 is 0 Å². The number of carbonyl (C=O) groups is 1. The Kier molecular flexibility index (Phi) is 2.48. The van der Waals surface area contributed by atoms with Crippen molar-refractivity contribution in [1.29, 1.82) is 0 Å². The number of hydrogen-bond donors (Lipinski definition) is 1. The molecule has 1 saturated carbocycles. The van der Waals surface area contributed by atoms with Crippen LogP contribution in [0.15, 0.2) is 12.2 Å². The summed E-state index contributed by atoms with van der Waals surface area (Å²) in [6.07, 6.45) is 9.14. The van der Waals surface area contributed by atoms with Gasteiger partial charge in [-0.15, -0.1) is 0 Å². The topological polar surface area (TPSA) is 37.3 Å². The molecule has 2 heteroatoms. The molecule has 0 aromatic heterocycles. The van der Waals surface area contributed by atoms with Gasteiger partial charge in [-0.2, -0.15) is 0 Å². The molecule has 0 spiro atoms. The first-order valence-corrected chi connectivity index (χ1v) is 5.57. The van der Waals surface area contributed by atoms with Gasteiger partial charge in [0.2, 0.25) is 0 Å². The molecule has 0 bridgehead atoms. The lowest BCUT2D eigenvalue weighted by atomic mass is 9.73. The van der Waals surface area contributed by atoms with Gasteiger partial charge in [0, 0.05) is 0 Å². The lowest BCUT2D eigenvalue weighted by molar-refractivity contribution is -0.125. The second-order valence-electron chi connectivity index (χ2n) is 4.84. The summed E-state index contributed by atoms with van der Waals surface area (Å²) < 4.78 is 0. The lowest BCUT2D eigenvalue weighted by Crippen LogP contribution is -2.38. The van der Waals surface area contributed by atoms with Gasteiger partial charge in [0.1, 0.15) is 0 Å². The monoisotopic (exact) mass is 194 g/mol. The minimum absolute atomic E-state index is 0.127. The number of carbonyl (C=O) groups excluding carboxylic acids is 1. The van der Waals surface area contributed by atoms with E-state index in [0.29, 0.717) is 5.92 Å². The highest BCUT2D eigenvalue weighted by molar-refractivity contribution is 5.96. The highest BCUT2D eigenvalue weighted by Gasteiger charge is 2.43. The molecule has 78 valence electrons. The van der Waals surface area contributed by atoms with Crippen molar-refractivity contribution in [3.05, 3.63) is 12.2 Å². The molecule has 1 N–H and O–H groups in total. The summed E-state index contributed by atoms with van der Waals surface area (Å²) in [5, 5.41) is 10.1. The molecule has 2 nitrogen and oxygen atoms in total. The summed E-state index contributed by atoms with van der Waals surface area (Å²) in [5.74, 6) is 0.367.